The molecule has 1 aromatic rings. The van der Waals surface area contributed by atoms with E-state index < -0.39 is 0 Å². The predicted molar refractivity (Wildman–Crippen MR) is 72.7 cm³/mol. The zero-order chi connectivity index (χ0) is 13.2. The summed E-state index contributed by atoms with van der Waals surface area (Å²) in [4.78, 5) is 2.26. The number of fused-ring (bicyclic) bond motifs is 2. The van der Waals surface area contributed by atoms with Crippen LogP contribution in [0, 0.1) is 11.3 Å². The van der Waals surface area contributed by atoms with Gasteiger partial charge in [-0.15, -0.1) is 5.10 Å². The Hall–Kier alpha value is -1.67. The number of hydrogen-bond acceptors (Lipinski definition) is 5. The summed E-state index contributed by atoms with van der Waals surface area (Å²) in [5.41, 5.74) is 0.628. The van der Waals surface area contributed by atoms with Gasteiger partial charge >= 0.3 is 0 Å². The van der Waals surface area contributed by atoms with Gasteiger partial charge in [-0.05, 0) is 38.7 Å². The summed E-state index contributed by atoms with van der Waals surface area (Å²) >= 11 is 0. The van der Waals surface area contributed by atoms with Crippen molar-refractivity contribution >= 4 is 5.82 Å². The van der Waals surface area contributed by atoms with E-state index in [0.717, 1.165) is 25.2 Å². The molecule has 3 heterocycles. The average molecular weight is 257 g/mol. The Bertz CT molecular complexity index is 483. The highest BCUT2D eigenvalue weighted by Gasteiger charge is 2.36. The largest absolute Gasteiger partial charge is 0.351 e. The molecule has 2 saturated heterocycles. The molecule has 0 aliphatic carbocycles. The molecule has 0 amide bonds. The van der Waals surface area contributed by atoms with E-state index in [4.69, 9.17) is 0 Å². The number of nitriles is 1. The molecule has 3 rings (SSSR count). The molecule has 0 saturated carbocycles. The Morgan fingerprint density at radius 1 is 1.42 bits per heavy atom. The first-order chi connectivity index (χ1) is 9.31. The van der Waals surface area contributed by atoms with Crippen molar-refractivity contribution in [2.75, 3.05) is 11.4 Å². The summed E-state index contributed by atoms with van der Waals surface area (Å²) in [5.74, 6) is 0.749. The molecule has 0 spiro atoms. The van der Waals surface area contributed by atoms with Crippen LogP contribution >= 0.6 is 0 Å². The van der Waals surface area contributed by atoms with E-state index in [9.17, 15) is 5.26 Å². The third-order valence-electron chi connectivity index (χ3n) is 4.32. The Kier molecular flexibility index (Phi) is 3.34. The SMILES string of the molecule is CCN(c1nnccc1C#N)C1CC2CCC(C1)N2. The average Bonchev–Trinajstić information content (AvgIpc) is 2.79. The first-order valence-electron chi connectivity index (χ1n) is 7.06. The van der Waals surface area contributed by atoms with Crippen molar-refractivity contribution in [1.29, 1.82) is 5.26 Å². The molecule has 2 fully saturated rings. The lowest BCUT2D eigenvalue weighted by Gasteiger charge is -2.38. The first kappa shape index (κ1) is 12.4. The topological polar surface area (TPSA) is 64.8 Å². The van der Waals surface area contributed by atoms with E-state index in [0.29, 0.717) is 23.7 Å². The van der Waals surface area contributed by atoms with Gasteiger partial charge in [0.25, 0.3) is 0 Å². The normalized spacial score (nSPS) is 28.9. The van der Waals surface area contributed by atoms with Gasteiger partial charge in [-0.1, -0.05) is 0 Å². The maximum absolute atomic E-state index is 9.22. The van der Waals surface area contributed by atoms with Crippen LogP contribution in [0.15, 0.2) is 12.3 Å². The van der Waals surface area contributed by atoms with Crippen LogP contribution in [0.1, 0.15) is 38.2 Å². The van der Waals surface area contributed by atoms with E-state index in [1.165, 1.54) is 12.8 Å². The van der Waals surface area contributed by atoms with Crippen LogP contribution in [-0.2, 0) is 0 Å². The number of hydrogen-bond donors (Lipinski definition) is 1. The van der Waals surface area contributed by atoms with Crippen molar-refractivity contribution in [3.05, 3.63) is 17.8 Å². The van der Waals surface area contributed by atoms with Gasteiger partial charge in [0.1, 0.15) is 6.07 Å². The van der Waals surface area contributed by atoms with E-state index in [2.05, 4.69) is 33.4 Å². The highest BCUT2D eigenvalue weighted by atomic mass is 15.3. The summed E-state index contributed by atoms with van der Waals surface area (Å²) < 4.78 is 0. The molecular formula is C14H19N5. The van der Waals surface area contributed by atoms with Gasteiger partial charge in [0, 0.05) is 24.7 Å². The van der Waals surface area contributed by atoms with Gasteiger partial charge < -0.3 is 10.2 Å². The number of piperidine rings is 1. The lowest BCUT2D eigenvalue weighted by molar-refractivity contribution is 0.347. The zero-order valence-corrected chi connectivity index (χ0v) is 11.2. The van der Waals surface area contributed by atoms with E-state index in [1.807, 2.05) is 0 Å². The molecule has 0 radical (unpaired) electrons. The minimum Gasteiger partial charge on any atom is -0.351 e. The van der Waals surface area contributed by atoms with Crippen LogP contribution in [0.25, 0.3) is 0 Å². The summed E-state index contributed by atoms with van der Waals surface area (Å²) in [5, 5.41) is 21.0. The van der Waals surface area contributed by atoms with Crippen LogP contribution in [-0.4, -0.2) is 34.9 Å². The molecule has 2 bridgehead atoms. The molecule has 2 aliphatic rings. The van der Waals surface area contributed by atoms with Crippen LogP contribution in [0.5, 0.6) is 0 Å². The molecule has 0 aromatic carbocycles. The minimum absolute atomic E-state index is 0.479. The van der Waals surface area contributed by atoms with E-state index in [1.54, 1.807) is 12.3 Å². The summed E-state index contributed by atoms with van der Waals surface area (Å²) in [6.45, 7) is 3.00. The third kappa shape index (κ3) is 2.28. The summed E-state index contributed by atoms with van der Waals surface area (Å²) in [6.07, 6.45) is 6.44. The highest BCUT2D eigenvalue weighted by Crippen LogP contribution is 2.32. The van der Waals surface area contributed by atoms with E-state index >= 15 is 0 Å². The van der Waals surface area contributed by atoms with Gasteiger partial charge in [-0.3, -0.25) is 0 Å². The van der Waals surface area contributed by atoms with Gasteiger partial charge in [0.15, 0.2) is 5.82 Å². The Balaban J connectivity index is 1.86. The first-order valence-corrected chi connectivity index (χ1v) is 7.06. The highest BCUT2D eigenvalue weighted by molar-refractivity contribution is 5.53. The zero-order valence-electron chi connectivity index (χ0n) is 11.2. The molecule has 100 valence electrons. The van der Waals surface area contributed by atoms with Crippen LogP contribution in [0.4, 0.5) is 5.82 Å². The lowest BCUT2D eigenvalue weighted by atomic mass is 9.98. The number of rotatable bonds is 3. The second kappa shape index (κ2) is 5.14. The number of aromatic nitrogens is 2. The van der Waals surface area contributed by atoms with Crippen LogP contribution < -0.4 is 10.2 Å². The quantitative estimate of drug-likeness (QED) is 0.888. The van der Waals surface area contributed by atoms with Crippen molar-refractivity contribution in [2.24, 2.45) is 0 Å². The number of anilines is 1. The lowest BCUT2D eigenvalue weighted by Crippen LogP contribution is -2.48. The summed E-state index contributed by atoms with van der Waals surface area (Å²) in [6, 6.07) is 5.74. The Morgan fingerprint density at radius 2 is 2.16 bits per heavy atom. The minimum atomic E-state index is 0.479. The molecule has 5 nitrogen and oxygen atoms in total. The monoisotopic (exact) mass is 257 g/mol. The van der Waals surface area contributed by atoms with Gasteiger partial charge in [-0.25, -0.2) is 0 Å². The Morgan fingerprint density at radius 3 is 2.79 bits per heavy atom. The molecule has 2 aliphatic heterocycles. The molecule has 19 heavy (non-hydrogen) atoms. The van der Waals surface area contributed by atoms with Crippen molar-refractivity contribution in [3.63, 3.8) is 0 Å². The second-order valence-electron chi connectivity index (χ2n) is 5.43. The van der Waals surface area contributed by atoms with Crippen molar-refractivity contribution in [3.8, 4) is 6.07 Å². The molecule has 2 atom stereocenters. The number of nitrogens with one attached hydrogen (secondary N) is 1. The van der Waals surface area contributed by atoms with Crippen LogP contribution in [0.3, 0.4) is 0 Å². The third-order valence-corrected chi connectivity index (χ3v) is 4.32. The van der Waals surface area contributed by atoms with Crippen LogP contribution in [0.2, 0.25) is 0 Å². The predicted octanol–water partition coefficient (Wildman–Crippen LogP) is 1.46. The summed E-state index contributed by atoms with van der Waals surface area (Å²) in [7, 11) is 0. The van der Waals surface area contributed by atoms with Crippen molar-refractivity contribution < 1.29 is 0 Å². The maximum atomic E-state index is 9.22. The maximum Gasteiger partial charge on any atom is 0.169 e. The molecule has 2 unspecified atom stereocenters. The molecule has 5 heteroatoms. The standard InChI is InChI=1S/C14H19N5/c1-2-19(14-10(9-15)5-6-16-18-14)13-7-11-3-4-12(8-13)17-11/h5-6,11-13,17H,2-4,7-8H2,1H3. The van der Waals surface area contributed by atoms with Gasteiger partial charge in [0.05, 0.1) is 11.8 Å². The second-order valence-corrected chi connectivity index (χ2v) is 5.43. The molecule has 1 aromatic heterocycles. The van der Waals surface area contributed by atoms with Gasteiger partial charge in [-0.2, -0.15) is 10.4 Å². The molecular weight excluding hydrogens is 238 g/mol. The number of nitrogens with zero attached hydrogens (tertiary/aromatic N) is 4. The molecule has 1 N–H and O–H groups in total. The van der Waals surface area contributed by atoms with Crippen molar-refractivity contribution in [2.45, 2.75) is 50.7 Å². The fourth-order valence-electron chi connectivity index (χ4n) is 3.49. The van der Waals surface area contributed by atoms with Gasteiger partial charge in [0.2, 0.25) is 0 Å². The fraction of sp³-hybridized carbons (Fsp3) is 0.643. The van der Waals surface area contributed by atoms with Crippen molar-refractivity contribution in [1.82, 2.24) is 15.5 Å². The van der Waals surface area contributed by atoms with E-state index in [-0.39, 0.29) is 0 Å². The Labute approximate surface area is 113 Å². The smallest absolute Gasteiger partial charge is 0.169 e. The fourth-order valence-corrected chi connectivity index (χ4v) is 3.49.